The second-order valence-electron chi connectivity index (χ2n) is 7.62. The van der Waals surface area contributed by atoms with Crippen molar-refractivity contribution in [2.24, 2.45) is 5.92 Å². The van der Waals surface area contributed by atoms with E-state index in [2.05, 4.69) is 35.1 Å². The van der Waals surface area contributed by atoms with Gasteiger partial charge in [0.2, 0.25) is 5.91 Å². The van der Waals surface area contributed by atoms with Gasteiger partial charge < -0.3 is 10.1 Å². The first-order valence-corrected chi connectivity index (χ1v) is 11.5. The molecule has 0 radical (unpaired) electrons. The van der Waals surface area contributed by atoms with Gasteiger partial charge in [0, 0.05) is 31.4 Å². The fourth-order valence-corrected chi connectivity index (χ4v) is 4.80. The van der Waals surface area contributed by atoms with Gasteiger partial charge in [0.05, 0.1) is 24.5 Å². The first kappa shape index (κ1) is 23.7. The van der Waals surface area contributed by atoms with Gasteiger partial charge in [0.15, 0.2) is 0 Å². The third-order valence-electron chi connectivity index (χ3n) is 6.03. The summed E-state index contributed by atoms with van der Waals surface area (Å²) >= 11 is 1.34. The van der Waals surface area contributed by atoms with Gasteiger partial charge >= 0.3 is 0 Å². The normalized spacial score (nSPS) is 15.9. The number of nitrogens with zero attached hydrogens (tertiary/aromatic N) is 3. The highest BCUT2D eigenvalue weighted by Gasteiger charge is 2.27. The molecular weight excluding hydrogens is 384 g/mol. The second-order valence-corrected chi connectivity index (χ2v) is 8.59. The summed E-state index contributed by atoms with van der Waals surface area (Å²) in [6.45, 7) is 14.3. The average Bonchev–Trinajstić information content (AvgIpc) is 2.74. The molecule has 1 fully saturated rings. The number of nitriles is 1. The Morgan fingerprint density at radius 2 is 1.90 bits per heavy atom. The van der Waals surface area contributed by atoms with Crippen LogP contribution < -0.4 is 5.32 Å². The molecule has 0 aliphatic carbocycles. The van der Waals surface area contributed by atoms with Crippen molar-refractivity contribution in [3.63, 3.8) is 0 Å². The quantitative estimate of drug-likeness (QED) is 0.621. The number of amides is 1. The molecule has 1 saturated heterocycles. The summed E-state index contributed by atoms with van der Waals surface area (Å²) in [5.41, 5.74) is 3.47. The minimum atomic E-state index is -0.0132. The van der Waals surface area contributed by atoms with Gasteiger partial charge in [0.1, 0.15) is 11.1 Å². The third-order valence-corrected chi connectivity index (χ3v) is 7.01. The first-order valence-electron chi connectivity index (χ1n) is 10.5. The molecule has 7 heteroatoms. The van der Waals surface area contributed by atoms with Crippen LogP contribution in [0.1, 0.15) is 49.1 Å². The smallest absolute Gasteiger partial charge is 0.230 e. The van der Waals surface area contributed by atoms with E-state index in [1.54, 1.807) is 0 Å². The van der Waals surface area contributed by atoms with Crippen molar-refractivity contribution in [3.8, 4) is 6.07 Å². The van der Waals surface area contributed by atoms with Crippen molar-refractivity contribution in [2.75, 3.05) is 38.6 Å². The molecule has 1 N–H and O–H groups in total. The summed E-state index contributed by atoms with van der Waals surface area (Å²) in [6, 6.07) is 2.58. The van der Waals surface area contributed by atoms with Crippen LogP contribution in [-0.2, 0) is 9.53 Å². The number of thioether (sulfide) groups is 1. The number of carbonyl (C=O) groups is 1. The van der Waals surface area contributed by atoms with E-state index < -0.39 is 0 Å². The predicted molar refractivity (Wildman–Crippen MR) is 117 cm³/mol. The van der Waals surface area contributed by atoms with Crippen LogP contribution in [0, 0.1) is 38.0 Å². The van der Waals surface area contributed by atoms with Crippen molar-refractivity contribution in [1.82, 2.24) is 15.2 Å². The monoisotopic (exact) mass is 418 g/mol. The maximum Gasteiger partial charge on any atom is 0.230 e. The van der Waals surface area contributed by atoms with E-state index in [9.17, 15) is 10.1 Å². The van der Waals surface area contributed by atoms with Crippen LogP contribution in [0.2, 0.25) is 0 Å². The number of carbonyl (C=O) groups excluding carboxylic acids is 1. The average molecular weight is 419 g/mol. The first-order chi connectivity index (χ1) is 13.9. The van der Waals surface area contributed by atoms with Gasteiger partial charge in [-0.3, -0.25) is 9.69 Å². The zero-order valence-electron chi connectivity index (χ0n) is 18.4. The summed E-state index contributed by atoms with van der Waals surface area (Å²) in [5, 5.41) is 13.3. The van der Waals surface area contributed by atoms with Crippen molar-refractivity contribution >= 4 is 17.7 Å². The lowest BCUT2D eigenvalue weighted by Gasteiger charge is -2.38. The van der Waals surface area contributed by atoms with Gasteiger partial charge in [-0.05, 0) is 37.8 Å². The number of morpholine rings is 1. The maximum absolute atomic E-state index is 12.6. The van der Waals surface area contributed by atoms with Crippen molar-refractivity contribution in [3.05, 3.63) is 22.4 Å². The van der Waals surface area contributed by atoms with E-state index in [1.807, 2.05) is 20.8 Å². The molecule has 1 atom stereocenters. The largest absolute Gasteiger partial charge is 0.379 e. The molecule has 6 nitrogen and oxygen atoms in total. The molecular formula is C22H34N4O2S. The van der Waals surface area contributed by atoms with E-state index in [0.717, 1.165) is 56.0 Å². The summed E-state index contributed by atoms with van der Waals surface area (Å²) in [7, 11) is 0. The molecule has 1 aromatic rings. The van der Waals surface area contributed by atoms with Crippen LogP contribution in [-0.4, -0.2) is 60.4 Å². The van der Waals surface area contributed by atoms with Crippen LogP contribution in [0.3, 0.4) is 0 Å². The summed E-state index contributed by atoms with van der Waals surface area (Å²) in [4.78, 5) is 19.5. The molecule has 0 aromatic carbocycles. The maximum atomic E-state index is 12.6. The van der Waals surface area contributed by atoms with Crippen LogP contribution in [0.15, 0.2) is 5.03 Å². The van der Waals surface area contributed by atoms with E-state index in [0.29, 0.717) is 29.1 Å². The van der Waals surface area contributed by atoms with Gasteiger partial charge in [-0.15, -0.1) is 0 Å². The second kappa shape index (κ2) is 11.5. The molecule has 29 heavy (non-hydrogen) atoms. The minimum absolute atomic E-state index is 0.0132. The zero-order chi connectivity index (χ0) is 21.4. The number of aromatic nitrogens is 1. The fraction of sp³-hybridized carbons (Fsp3) is 0.682. The Bertz CT molecular complexity index is 737. The molecule has 1 aromatic heterocycles. The van der Waals surface area contributed by atoms with Gasteiger partial charge in [-0.2, -0.15) is 5.26 Å². The number of ether oxygens (including phenoxy) is 1. The molecule has 1 unspecified atom stereocenters. The summed E-state index contributed by atoms with van der Waals surface area (Å²) in [5.74, 6) is 0.804. The van der Waals surface area contributed by atoms with Gasteiger partial charge in [0.25, 0.3) is 0 Å². The van der Waals surface area contributed by atoms with Crippen LogP contribution in [0.4, 0.5) is 0 Å². The number of hydrogen-bond donors (Lipinski definition) is 1. The molecule has 2 heterocycles. The van der Waals surface area contributed by atoms with E-state index in [4.69, 9.17) is 4.74 Å². The Morgan fingerprint density at radius 1 is 1.24 bits per heavy atom. The lowest BCUT2D eigenvalue weighted by atomic mass is 9.92. The van der Waals surface area contributed by atoms with E-state index >= 15 is 0 Å². The lowest BCUT2D eigenvalue weighted by molar-refractivity contribution is -0.119. The SMILES string of the molecule is CCC(CC)C(CNC(=O)CSc1nc(C)c(C)c(C)c1C#N)N1CCOCC1. The lowest BCUT2D eigenvalue weighted by Crippen LogP contribution is -2.52. The Kier molecular flexibility index (Phi) is 9.41. The number of hydrogen-bond acceptors (Lipinski definition) is 6. The molecule has 0 bridgehead atoms. The van der Waals surface area contributed by atoms with Gasteiger partial charge in [-0.1, -0.05) is 38.5 Å². The Labute approximate surface area is 179 Å². The molecule has 160 valence electrons. The Balaban J connectivity index is 1.98. The van der Waals surface area contributed by atoms with E-state index in [1.165, 1.54) is 11.8 Å². The van der Waals surface area contributed by atoms with E-state index in [-0.39, 0.29) is 11.7 Å². The Hall–Kier alpha value is -1.62. The number of pyridine rings is 1. The topological polar surface area (TPSA) is 78.2 Å². The highest BCUT2D eigenvalue weighted by molar-refractivity contribution is 8.00. The van der Waals surface area contributed by atoms with Crippen LogP contribution in [0.5, 0.6) is 0 Å². The van der Waals surface area contributed by atoms with Crippen molar-refractivity contribution < 1.29 is 9.53 Å². The predicted octanol–water partition coefficient (Wildman–Crippen LogP) is 3.22. The standard InChI is InChI=1S/C22H34N4O2S/c1-6-18(7-2)20(26-8-10-28-11-9-26)13-24-21(27)14-29-22-19(12-23)16(4)15(3)17(5)25-22/h18,20H,6-11,13-14H2,1-5H3,(H,24,27). The molecule has 1 aliphatic rings. The number of rotatable bonds is 9. The highest BCUT2D eigenvalue weighted by atomic mass is 32.2. The zero-order valence-corrected chi connectivity index (χ0v) is 19.2. The molecule has 0 spiro atoms. The highest BCUT2D eigenvalue weighted by Crippen LogP contribution is 2.26. The summed E-state index contributed by atoms with van der Waals surface area (Å²) < 4.78 is 5.49. The molecule has 0 saturated carbocycles. The van der Waals surface area contributed by atoms with Crippen LogP contribution in [0.25, 0.3) is 0 Å². The summed E-state index contributed by atoms with van der Waals surface area (Å²) in [6.07, 6.45) is 2.20. The van der Waals surface area contributed by atoms with Crippen LogP contribution >= 0.6 is 11.8 Å². The molecule has 1 amide bonds. The van der Waals surface area contributed by atoms with Gasteiger partial charge in [-0.25, -0.2) is 4.98 Å². The fourth-order valence-electron chi connectivity index (χ4n) is 3.89. The minimum Gasteiger partial charge on any atom is -0.379 e. The molecule has 2 rings (SSSR count). The Morgan fingerprint density at radius 3 is 2.48 bits per heavy atom. The number of nitrogens with one attached hydrogen (secondary N) is 1. The van der Waals surface area contributed by atoms with Crippen molar-refractivity contribution in [1.29, 1.82) is 5.26 Å². The number of aryl methyl sites for hydroxylation is 1. The molecule has 1 aliphatic heterocycles. The van der Waals surface area contributed by atoms with Crippen molar-refractivity contribution in [2.45, 2.75) is 58.5 Å². The third kappa shape index (κ3) is 6.18.